The van der Waals surface area contributed by atoms with Crippen molar-refractivity contribution < 1.29 is 14.3 Å². The van der Waals surface area contributed by atoms with Crippen LogP contribution in [0.4, 0.5) is 5.69 Å². The molecule has 1 aliphatic rings. The molecule has 0 bridgehead atoms. The third kappa shape index (κ3) is 2.95. The number of para-hydroxylation sites is 1. The van der Waals surface area contributed by atoms with Crippen molar-refractivity contribution in [2.45, 2.75) is 26.9 Å². The smallest absolute Gasteiger partial charge is 0.326 e. The van der Waals surface area contributed by atoms with Crippen molar-refractivity contribution in [2.75, 3.05) is 18.1 Å². The minimum atomic E-state index is -1.01. The number of benzodiazepines with no additional fused rings is 1. The van der Waals surface area contributed by atoms with Crippen molar-refractivity contribution in [3.63, 3.8) is 0 Å². The number of ether oxygens (including phenoxy) is 1. The number of esters is 1. The van der Waals surface area contributed by atoms with Crippen LogP contribution in [0.2, 0.25) is 0 Å². The van der Waals surface area contributed by atoms with Crippen LogP contribution in [0.1, 0.15) is 25.0 Å². The summed E-state index contributed by atoms with van der Waals surface area (Å²) in [5.74, 6) is -0.873. The van der Waals surface area contributed by atoms with E-state index < -0.39 is 18.0 Å². The van der Waals surface area contributed by atoms with Crippen molar-refractivity contribution >= 4 is 23.3 Å². The summed E-state index contributed by atoms with van der Waals surface area (Å²) in [4.78, 5) is 29.8. The second kappa shape index (κ2) is 6.05. The molecular formula is C15H19N3O3. The molecular weight excluding hydrogens is 270 g/mol. The Hall–Kier alpha value is -2.21. The number of carbonyl (C=O) groups excluding carboxylic acids is 2. The molecule has 0 radical (unpaired) electrons. The largest absolute Gasteiger partial charge is 0.465 e. The molecule has 1 aromatic carbocycles. The molecule has 1 aromatic rings. The summed E-state index contributed by atoms with van der Waals surface area (Å²) in [6, 6.07) is 5.64. The maximum Gasteiger partial charge on any atom is 0.326 e. The van der Waals surface area contributed by atoms with E-state index in [4.69, 9.17) is 10.5 Å². The molecule has 6 nitrogen and oxygen atoms in total. The van der Waals surface area contributed by atoms with E-state index >= 15 is 0 Å². The zero-order valence-corrected chi connectivity index (χ0v) is 12.4. The molecule has 1 atom stereocenters. The first-order valence-corrected chi connectivity index (χ1v) is 6.82. The number of aryl methyl sites for hydroxylation is 1. The Morgan fingerprint density at radius 2 is 2.14 bits per heavy atom. The fourth-order valence-corrected chi connectivity index (χ4v) is 2.41. The number of hydrogen-bond acceptors (Lipinski definition) is 5. The van der Waals surface area contributed by atoms with Crippen LogP contribution in [0.3, 0.4) is 0 Å². The van der Waals surface area contributed by atoms with Gasteiger partial charge in [-0.15, -0.1) is 0 Å². The average Bonchev–Trinajstić information content (AvgIpc) is 2.51. The molecule has 0 aromatic heterocycles. The van der Waals surface area contributed by atoms with Crippen LogP contribution in [0.25, 0.3) is 0 Å². The molecule has 21 heavy (non-hydrogen) atoms. The number of nitrogens with zero attached hydrogens (tertiary/aromatic N) is 2. The second-order valence-corrected chi connectivity index (χ2v) is 4.86. The van der Waals surface area contributed by atoms with Gasteiger partial charge >= 0.3 is 5.97 Å². The Bertz CT molecular complexity index is 610. The van der Waals surface area contributed by atoms with Gasteiger partial charge in [0, 0.05) is 11.3 Å². The highest BCUT2D eigenvalue weighted by atomic mass is 16.5. The summed E-state index contributed by atoms with van der Waals surface area (Å²) >= 11 is 0. The van der Waals surface area contributed by atoms with E-state index in [9.17, 15) is 9.59 Å². The van der Waals surface area contributed by atoms with E-state index in [-0.39, 0.29) is 13.2 Å². The average molecular weight is 289 g/mol. The number of nitrogens with two attached hydrogens (primary N) is 1. The molecule has 1 aliphatic heterocycles. The standard InChI is InChI=1S/C15H19N3O3/c1-4-21-12(19)8-18-13-9(2)6-5-7-11(13)10(3)17-14(16)15(18)20/h5-7,14H,4,8,16H2,1-3H3/t14-/m0/s1. The Morgan fingerprint density at radius 3 is 2.81 bits per heavy atom. The van der Waals surface area contributed by atoms with E-state index in [1.807, 2.05) is 25.1 Å². The van der Waals surface area contributed by atoms with Crippen LogP contribution in [0, 0.1) is 6.92 Å². The number of aliphatic imine (C=N–C) groups is 1. The topological polar surface area (TPSA) is 85.0 Å². The third-order valence-corrected chi connectivity index (χ3v) is 3.34. The monoisotopic (exact) mass is 289 g/mol. The fourth-order valence-electron chi connectivity index (χ4n) is 2.41. The van der Waals surface area contributed by atoms with Crippen LogP contribution >= 0.6 is 0 Å². The minimum absolute atomic E-state index is 0.166. The van der Waals surface area contributed by atoms with Gasteiger partial charge in [-0.25, -0.2) is 0 Å². The molecule has 1 amide bonds. The maximum absolute atomic E-state index is 12.4. The molecule has 0 spiro atoms. The summed E-state index contributed by atoms with van der Waals surface area (Å²) in [5, 5.41) is 0. The fraction of sp³-hybridized carbons (Fsp3) is 0.400. The van der Waals surface area contributed by atoms with Gasteiger partial charge in [-0.1, -0.05) is 18.2 Å². The van der Waals surface area contributed by atoms with Gasteiger partial charge < -0.3 is 10.5 Å². The normalized spacial score (nSPS) is 17.9. The summed E-state index contributed by atoms with van der Waals surface area (Å²) in [5.41, 5.74) is 8.85. The minimum Gasteiger partial charge on any atom is -0.465 e. The van der Waals surface area contributed by atoms with E-state index in [1.165, 1.54) is 4.90 Å². The zero-order chi connectivity index (χ0) is 15.6. The Kier molecular flexibility index (Phi) is 4.37. The first-order valence-electron chi connectivity index (χ1n) is 6.82. The third-order valence-electron chi connectivity index (χ3n) is 3.34. The quantitative estimate of drug-likeness (QED) is 0.841. The van der Waals surface area contributed by atoms with E-state index in [1.54, 1.807) is 13.8 Å². The number of rotatable bonds is 3. The lowest BCUT2D eigenvalue weighted by atomic mass is 10.0. The molecule has 0 aliphatic carbocycles. The highest BCUT2D eigenvalue weighted by Gasteiger charge is 2.31. The number of amides is 1. The molecule has 0 fully saturated rings. The summed E-state index contributed by atoms with van der Waals surface area (Å²) in [6.07, 6.45) is -1.01. The van der Waals surface area contributed by atoms with Crippen molar-refractivity contribution in [2.24, 2.45) is 10.7 Å². The molecule has 0 saturated heterocycles. The van der Waals surface area contributed by atoms with E-state index in [2.05, 4.69) is 4.99 Å². The predicted octanol–water partition coefficient (Wildman–Crippen LogP) is 0.999. The van der Waals surface area contributed by atoms with Gasteiger partial charge in [0.2, 0.25) is 0 Å². The van der Waals surface area contributed by atoms with Crippen LogP contribution in [0.5, 0.6) is 0 Å². The van der Waals surface area contributed by atoms with Gasteiger partial charge in [-0.05, 0) is 26.3 Å². The van der Waals surface area contributed by atoms with Crippen molar-refractivity contribution in [3.8, 4) is 0 Å². The highest BCUT2D eigenvalue weighted by molar-refractivity contribution is 6.13. The molecule has 112 valence electrons. The zero-order valence-electron chi connectivity index (χ0n) is 12.4. The lowest BCUT2D eigenvalue weighted by Crippen LogP contribution is -2.45. The van der Waals surface area contributed by atoms with Gasteiger partial charge in [-0.2, -0.15) is 0 Å². The molecule has 6 heteroatoms. The molecule has 0 unspecified atom stereocenters. The van der Waals surface area contributed by atoms with Gasteiger partial charge in [0.05, 0.1) is 12.3 Å². The highest BCUT2D eigenvalue weighted by Crippen LogP contribution is 2.28. The second-order valence-electron chi connectivity index (χ2n) is 4.86. The number of carbonyl (C=O) groups is 2. The number of anilines is 1. The number of hydrogen-bond donors (Lipinski definition) is 1. The van der Waals surface area contributed by atoms with Crippen molar-refractivity contribution in [3.05, 3.63) is 29.3 Å². The lowest BCUT2D eigenvalue weighted by molar-refractivity contribution is -0.142. The Labute approximate surface area is 123 Å². The van der Waals surface area contributed by atoms with Crippen LogP contribution in [-0.4, -0.2) is 36.9 Å². The summed E-state index contributed by atoms with van der Waals surface area (Å²) in [6.45, 7) is 5.51. The van der Waals surface area contributed by atoms with Gasteiger partial charge in [0.1, 0.15) is 6.54 Å². The van der Waals surface area contributed by atoms with Crippen molar-refractivity contribution in [1.29, 1.82) is 0 Å². The Balaban J connectivity index is 2.51. The van der Waals surface area contributed by atoms with Crippen LogP contribution < -0.4 is 10.6 Å². The molecule has 0 saturated carbocycles. The molecule has 1 heterocycles. The van der Waals surface area contributed by atoms with E-state index in [0.29, 0.717) is 11.4 Å². The maximum atomic E-state index is 12.4. The van der Waals surface area contributed by atoms with Gasteiger partial charge in [0.25, 0.3) is 5.91 Å². The number of benzene rings is 1. The Morgan fingerprint density at radius 1 is 1.43 bits per heavy atom. The first kappa shape index (κ1) is 15.2. The van der Waals surface area contributed by atoms with Crippen LogP contribution in [0.15, 0.2) is 23.2 Å². The predicted molar refractivity (Wildman–Crippen MR) is 80.4 cm³/mol. The number of fused-ring (bicyclic) bond motifs is 1. The van der Waals surface area contributed by atoms with Crippen molar-refractivity contribution in [1.82, 2.24) is 0 Å². The summed E-state index contributed by atoms with van der Waals surface area (Å²) in [7, 11) is 0. The van der Waals surface area contributed by atoms with Crippen LogP contribution in [-0.2, 0) is 14.3 Å². The lowest BCUT2D eigenvalue weighted by Gasteiger charge is -2.24. The molecule has 2 N–H and O–H groups in total. The molecule has 2 rings (SSSR count). The van der Waals surface area contributed by atoms with Gasteiger partial charge in [0.15, 0.2) is 6.17 Å². The first-order chi connectivity index (χ1) is 9.95. The SMILES string of the molecule is CCOC(=O)CN1C(=O)[C@@H](N)N=C(C)c2cccc(C)c21. The van der Waals surface area contributed by atoms with E-state index in [0.717, 1.165) is 11.1 Å². The summed E-state index contributed by atoms with van der Waals surface area (Å²) < 4.78 is 4.94. The van der Waals surface area contributed by atoms with Gasteiger partial charge in [-0.3, -0.25) is 19.5 Å².